The standard InChI is InChI=1S/C29H33F9N2O6/c1-4-44-23(24(41)42)17-19-5-11-22(12-6-19)45-15-13-40(25(43)39-21-9-7-20(8-10-21)18(2)3)14-16-46-29(37,38)27(32,33)26(30,31)28(34,35)36/h5-12,18,23H,4,13-17H2,1-3H3,(H,39,43)(H,41,42). The number of hydrogen-bond donors (Lipinski definition) is 2. The third-order valence-corrected chi connectivity index (χ3v) is 6.49. The fraction of sp³-hybridized carbons (Fsp3) is 0.517. The highest BCUT2D eigenvalue weighted by Gasteiger charge is 2.82. The Morgan fingerprint density at radius 3 is 1.91 bits per heavy atom. The lowest BCUT2D eigenvalue weighted by atomic mass is 10.0. The Bertz CT molecular complexity index is 1270. The van der Waals surface area contributed by atoms with E-state index in [4.69, 9.17) is 9.47 Å². The number of nitrogens with one attached hydrogen (secondary N) is 1. The van der Waals surface area contributed by atoms with Gasteiger partial charge in [-0.1, -0.05) is 38.1 Å². The number of carbonyl (C=O) groups excluding carboxylic acids is 1. The van der Waals surface area contributed by atoms with Crippen molar-refractivity contribution in [1.82, 2.24) is 4.90 Å². The molecular formula is C29H33F9N2O6. The minimum atomic E-state index is -7.12. The van der Waals surface area contributed by atoms with E-state index in [1.54, 1.807) is 31.2 Å². The number of halogens is 9. The van der Waals surface area contributed by atoms with Crippen LogP contribution in [-0.4, -0.2) is 85.2 Å². The van der Waals surface area contributed by atoms with E-state index in [2.05, 4.69) is 10.1 Å². The van der Waals surface area contributed by atoms with Gasteiger partial charge < -0.3 is 29.5 Å². The summed E-state index contributed by atoms with van der Waals surface area (Å²) < 4.78 is 133. The fourth-order valence-corrected chi connectivity index (χ4v) is 3.83. The highest BCUT2D eigenvalue weighted by Crippen LogP contribution is 2.53. The van der Waals surface area contributed by atoms with Gasteiger partial charge in [-0.05, 0) is 48.2 Å². The van der Waals surface area contributed by atoms with E-state index in [1.165, 1.54) is 24.3 Å². The van der Waals surface area contributed by atoms with Gasteiger partial charge in [0.15, 0.2) is 6.10 Å². The average Bonchev–Trinajstić information content (AvgIpc) is 2.96. The Morgan fingerprint density at radius 2 is 1.41 bits per heavy atom. The summed E-state index contributed by atoms with van der Waals surface area (Å²) in [6.07, 6.45) is -14.3. The van der Waals surface area contributed by atoms with Crippen LogP contribution in [0.5, 0.6) is 5.75 Å². The SMILES string of the molecule is CCOC(Cc1ccc(OCCN(CCOC(F)(F)C(F)(F)C(F)(F)C(F)(F)F)C(=O)Nc2ccc(C(C)C)cc2)cc1)C(=O)O. The summed E-state index contributed by atoms with van der Waals surface area (Å²) in [5.74, 6) is -14.9. The highest BCUT2D eigenvalue weighted by molar-refractivity contribution is 5.89. The van der Waals surface area contributed by atoms with E-state index in [9.17, 15) is 54.2 Å². The van der Waals surface area contributed by atoms with Gasteiger partial charge in [0.1, 0.15) is 12.4 Å². The topological polar surface area (TPSA) is 97.3 Å². The highest BCUT2D eigenvalue weighted by atomic mass is 19.4. The summed E-state index contributed by atoms with van der Waals surface area (Å²) in [7, 11) is 0. The Kier molecular flexibility index (Phi) is 13.1. The van der Waals surface area contributed by atoms with Gasteiger partial charge in [-0.3, -0.25) is 0 Å². The van der Waals surface area contributed by atoms with Crippen molar-refractivity contribution in [2.45, 2.75) is 63.3 Å². The summed E-state index contributed by atoms with van der Waals surface area (Å²) in [6, 6.07) is 11.5. The van der Waals surface area contributed by atoms with E-state index < -0.39 is 61.9 Å². The van der Waals surface area contributed by atoms with Crippen molar-refractivity contribution in [2.75, 3.05) is 38.2 Å². The Labute approximate surface area is 258 Å². The second kappa shape index (κ2) is 15.7. The zero-order valence-corrected chi connectivity index (χ0v) is 24.9. The van der Waals surface area contributed by atoms with Crippen LogP contribution >= 0.6 is 0 Å². The molecule has 0 bridgehead atoms. The van der Waals surface area contributed by atoms with Crippen molar-refractivity contribution in [3.05, 3.63) is 59.7 Å². The number of carboxylic acid groups (broad SMARTS) is 1. The molecule has 0 saturated heterocycles. The van der Waals surface area contributed by atoms with E-state index in [-0.39, 0.29) is 37.0 Å². The fourth-order valence-electron chi connectivity index (χ4n) is 3.83. The first-order valence-corrected chi connectivity index (χ1v) is 13.8. The molecule has 0 aliphatic rings. The molecule has 0 radical (unpaired) electrons. The lowest BCUT2D eigenvalue weighted by Crippen LogP contribution is -2.62. The Balaban J connectivity index is 2.12. The molecule has 8 nitrogen and oxygen atoms in total. The third-order valence-electron chi connectivity index (χ3n) is 6.49. The lowest BCUT2D eigenvalue weighted by molar-refractivity contribution is -0.443. The predicted molar refractivity (Wildman–Crippen MR) is 147 cm³/mol. The monoisotopic (exact) mass is 676 g/mol. The van der Waals surface area contributed by atoms with Crippen LogP contribution in [0.25, 0.3) is 0 Å². The maximum Gasteiger partial charge on any atom is 0.460 e. The number of aliphatic carboxylic acids is 1. The number of anilines is 1. The first kappa shape index (κ1) is 38.5. The van der Waals surface area contributed by atoms with Gasteiger partial charge in [0.05, 0.1) is 13.2 Å². The molecule has 258 valence electrons. The van der Waals surface area contributed by atoms with Crippen LogP contribution in [0.1, 0.15) is 37.8 Å². The molecule has 0 aromatic heterocycles. The molecule has 0 aliphatic carbocycles. The summed E-state index contributed by atoms with van der Waals surface area (Å²) in [6.45, 7) is 2.40. The van der Waals surface area contributed by atoms with Gasteiger partial charge in [0.25, 0.3) is 0 Å². The van der Waals surface area contributed by atoms with Crippen molar-refractivity contribution in [3.63, 3.8) is 0 Å². The number of nitrogens with zero attached hydrogens (tertiary/aromatic N) is 1. The Morgan fingerprint density at radius 1 is 0.848 bits per heavy atom. The first-order chi connectivity index (χ1) is 21.2. The van der Waals surface area contributed by atoms with E-state index >= 15 is 0 Å². The molecule has 2 aromatic carbocycles. The second-order valence-corrected chi connectivity index (χ2v) is 10.2. The number of urea groups is 1. The zero-order valence-electron chi connectivity index (χ0n) is 24.9. The van der Waals surface area contributed by atoms with Gasteiger partial charge in [-0.25, -0.2) is 9.59 Å². The number of benzene rings is 2. The predicted octanol–water partition coefficient (Wildman–Crippen LogP) is 7.20. The molecule has 0 fully saturated rings. The molecule has 2 N–H and O–H groups in total. The summed E-state index contributed by atoms with van der Waals surface area (Å²) >= 11 is 0. The summed E-state index contributed by atoms with van der Waals surface area (Å²) in [4.78, 5) is 24.9. The van der Waals surface area contributed by atoms with Crippen molar-refractivity contribution >= 4 is 17.7 Å². The molecule has 2 rings (SSSR count). The minimum absolute atomic E-state index is 0.0497. The van der Waals surface area contributed by atoms with Crippen molar-refractivity contribution in [3.8, 4) is 5.75 Å². The van der Waals surface area contributed by atoms with Crippen LogP contribution < -0.4 is 10.1 Å². The number of alkyl halides is 9. The molecule has 0 spiro atoms. The number of hydrogen-bond acceptors (Lipinski definition) is 5. The molecule has 0 saturated carbocycles. The molecule has 2 amide bonds. The maximum absolute atomic E-state index is 13.9. The zero-order chi connectivity index (χ0) is 34.9. The molecular weight excluding hydrogens is 643 g/mol. The molecule has 1 atom stereocenters. The molecule has 17 heteroatoms. The summed E-state index contributed by atoms with van der Waals surface area (Å²) in [5.41, 5.74) is 1.74. The van der Waals surface area contributed by atoms with E-state index in [0.29, 0.717) is 5.56 Å². The molecule has 46 heavy (non-hydrogen) atoms. The van der Waals surface area contributed by atoms with Crippen molar-refractivity contribution < 1.29 is 68.4 Å². The first-order valence-electron chi connectivity index (χ1n) is 13.8. The van der Waals surface area contributed by atoms with Crippen molar-refractivity contribution in [2.24, 2.45) is 0 Å². The normalized spacial score (nSPS) is 13.4. The van der Waals surface area contributed by atoms with Gasteiger partial charge in [0, 0.05) is 25.3 Å². The average molecular weight is 677 g/mol. The van der Waals surface area contributed by atoms with Gasteiger partial charge in [-0.15, -0.1) is 0 Å². The van der Waals surface area contributed by atoms with Gasteiger partial charge in [0.2, 0.25) is 0 Å². The quantitative estimate of drug-likeness (QED) is 0.172. The van der Waals surface area contributed by atoms with E-state index in [0.717, 1.165) is 10.5 Å². The number of carbonyl (C=O) groups is 2. The van der Waals surface area contributed by atoms with Crippen LogP contribution in [0.4, 0.5) is 50.0 Å². The summed E-state index contributed by atoms with van der Waals surface area (Å²) in [5, 5.41) is 11.7. The maximum atomic E-state index is 13.9. The van der Waals surface area contributed by atoms with E-state index in [1.807, 2.05) is 13.8 Å². The van der Waals surface area contributed by atoms with Crippen LogP contribution in [0, 0.1) is 0 Å². The molecule has 1 unspecified atom stereocenters. The molecule has 0 aliphatic heterocycles. The van der Waals surface area contributed by atoms with Crippen LogP contribution in [-0.2, 0) is 20.7 Å². The van der Waals surface area contributed by atoms with Crippen LogP contribution in [0.2, 0.25) is 0 Å². The number of amides is 2. The number of rotatable bonds is 17. The minimum Gasteiger partial charge on any atom is -0.492 e. The second-order valence-electron chi connectivity index (χ2n) is 10.2. The Hall–Kier alpha value is -3.73. The molecule has 0 heterocycles. The number of carboxylic acids is 1. The number of ether oxygens (including phenoxy) is 3. The van der Waals surface area contributed by atoms with Gasteiger partial charge >= 0.3 is 36.1 Å². The lowest BCUT2D eigenvalue weighted by Gasteiger charge is -2.33. The van der Waals surface area contributed by atoms with Crippen LogP contribution in [0.15, 0.2) is 48.5 Å². The smallest absolute Gasteiger partial charge is 0.460 e. The third kappa shape index (κ3) is 9.88. The largest absolute Gasteiger partial charge is 0.492 e. The van der Waals surface area contributed by atoms with Gasteiger partial charge in [-0.2, -0.15) is 39.5 Å². The molecule has 2 aromatic rings. The van der Waals surface area contributed by atoms with Crippen molar-refractivity contribution in [1.29, 1.82) is 0 Å². The van der Waals surface area contributed by atoms with Crippen LogP contribution in [0.3, 0.4) is 0 Å².